The number of phenolic OH excluding ortho intramolecular Hbond substituents is 4. The molecule has 0 bridgehead atoms. The Kier molecular flexibility index (Phi) is 10.7. The molecule has 0 spiro atoms. The predicted molar refractivity (Wildman–Crippen MR) is 164 cm³/mol. The van der Waals surface area contributed by atoms with Gasteiger partial charge in [-0.1, -0.05) is 19.1 Å². The molecule has 46 heavy (non-hydrogen) atoms. The lowest BCUT2D eigenvalue weighted by Gasteiger charge is -2.46. The lowest BCUT2D eigenvalue weighted by Crippen LogP contribution is -2.63. The second-order valence-electron chi connectivity index (χ2n) is 11.6. The number of nitrogens with zero attached hydrogens (tertiary/aromatic N) is 2. The van der Waals surface area contributed by atoms with Gasteiger partial charge in [0.25, 0.3) is 11.8 Å². The molecule has 2 heterocycles. The van der Waals surface area contributed by atoms with Gasteiger partial charge in [-0.2, -0.15) is 0 Å². The number of nitrogens with one attached hydrogen (secondary N) is 2. The summed E-state index contributed by atoms with van der Waals surface area (Å²) in [6.07, 6.45) is 0.647. The van der Waals surface area contributed by atoms with E-state index in [1.54, 1.807) is 0 Å². The van der Waals surface area contributed by atoms with Crippen LogP contribution in [0, 0.1) is 11.8 Å². The van der Waals surface area contributed by atoms with Gasteiger partial charge in [0.2, 0.25) is 5.91 Å². The largest absolute Gasteiger partial charge is 0.504 e. The van der Waals surface area contributed by atoms with E-state index in [0.29, 0.717) is 37.9 Å². The number of aliphatic hydroxyl groups is 1. The summed E-state index contributed by atoms with van der Waals surface area (Å²) in [5, 5.41) is 64.9. The molecule has 0 aromatic heterocycles. The molecule has 8 N–H and O–H groups in total. The van der Waals surface area contributed by atoms with Gasteiger partial charge >= 0.3 is 5.97 Å². The van der Waals surface area contributed by atoms with Crippen LogP contribution in [0.2, 0.25) is 0 Å². The molecule has 248 valence electrons. The van der Waals surface area contributed by atoms with Crippen LogP contribution in [0.1, 0.15) is 53.8 Å². The van der Waals surface area contributed by atoms with E-state index in [0.717, 1.165) is 0 Å². The summed E-state index contributed by atoms with van der Waals surface area (Å²) in [4.78, 5) is 53.4. The zero-order valence-corrected chi connectivity index (χ0v) is 25.6. The SMILES string of the molecule is CC(O)C1C(=O)N2C(C(=O)O)=C(CN(CCCCNC(=O)c3cccc(O)c3O)CCCNC(=O)c3cccc(O)c3O)[C@H](C)[C@H]12. The van der Waals surface area contributed by atoms with E-state index in [9.17, 15) is 49.8 Å². The molecular weight excluding hydrogens is 600 g/mol. The Hall–Kier alpha value is -4.82. The van der Waals surface area contributed by atoms with Crippen LogP contribution in [-0.2, 0) is 9.59 Å². The number of carbonyl (C=O) groups excluding carboxylic acids is 3. The highest BCUT2D eigenvalue weighted by molar-refractivity contribution is 6.00. The topological polar surface area (TPSA) is 220 Å². The number of unbranched alkanes of at least 4 members (excludes halogenated alkanes) is 1. The van der Waals surface area contributed by atoms with Crippen molar-refractivity contribution in [3.05, 3.63) is 58.8 Å². The molecule has 3 amide bonds. The van der Waals surface area contributed by atoms with Gasteiger partial charge in [0, 0.05) is 32.1 Å². The van der Waals surface area contributed by atoms with Crippen LogP contribution in [0.3, 0.4) is 0 Å². The van der Waals surface area contributed by atoms with Gasteiger partial charge in [-0.3, -0.25) is 19.3 Å². The fourth-order valence-electron chi connectivity index (χ4n) is 6.15. The highest BCUT2D eigenvalue weighted by atomic mass is 16.4. The molecule has 1 saturated heterocycles. The summed E-state index contributed by atoms with van der Waals surface area (Å²) in [7, 11) is 0. The molecule has 2 aliphatic rings. The van der Waals surface area contributed by atoms with Crippen molar-refractivity contribution in [1.82, 2.24) is 20.4 Å². The average molecular weight is 641 g/mol. The minimum atomic E-state index is -1.22. The van der Waals surface area contributed by atoms with Crippen molar-refractivity contribution in [2.24, 2.45) is 11.8 Å². The summed E-state index contributed by atoms with van der Waals surface area (Å²) in [6.45, 7) is 4.98. The Morgan fingerprint density at radius 3 is 1.91 bits per heavy atom. The minimum Gasteiger partial charge on any atom is -0.504 e. The number of rotatable bonds is 15. The summed E-state index contributed by atoms with van der Waals surface area (Å²) in [5.74, 6) is -5.60. The van der Waals surface area contributed by atoms with Crippen molar-refractivity contribution in [3.8, 4) is 23.0 Å². The zero-order chi connectivity index (χ0) is 33.7. The van der Waals surface area contributed by atoms with Crippen LogP contribution in [0.4, 0.5) is 0 Å². The Morgan fingerprint density at radius 1 is 0.870 bits per heavy atom. The Labute approximate surface area is 265 Å². The lowest BCUT2D eigenvalue weighted by molar-refractivity contribution is -0.163. The van der Waals surface area contributed by atoms with Crippen LogP contribution in [0.5, 0.6) is 23.0 Å². The third-order valence-corrected chi connectivity index (χ3v) is 8.55. The minimum absolute atomic E-state index is 0.0549. The number of phenols is 4. The van der Waals surface area contributed by atoms with Crippen LogP contribution in [0.25, 0.3) is 0 Å². The Bertz CT molecular complexity index is 1520. The number of para-hydroxylation sites is 2. The molecule has 2 unspecified atom stereocenters. The summed E-state index contributed by atoms with van der Waals surface area (Å²) in [5.41, 5.74) is 0.363. The first-order valence-corrected chi connectivity index (χ1v) is 15.1. The van der Waals surface area contributed by atoms with Gasteiger partial charge in [-0.05, 0) is 62.6 Å². The highest BCUT2D eigenvalue weighted by Gasteiger charge is 2.59. The van der Waals surface area contributed by atoms with Crippen molar-refractivity contribution in [2.45, 2.75) is 45.3 Å². The first-order chi connectivity index (χ1) is 21.8. The molecule has 4 rings (SSSR count). The zero-order valence-electron chi connectivity index (χ0n) is 25.6. The molecule has 1 fully saturated rings. The van der Waals surface area contributed by atoms with Crippen LogP contribution in [-0.4, -0.2) is 109 Å². The first-order valence-electron chi connectivity index (χ1n) is 15.1. The number of fused-ring (bicyclic) bond motifs is 1. The standard InChI is InChI=1S/C32H40N4O10/c1-17-21(26(32(45)46)36-25(17)24(18(2)37)31(36)44)16-35(15-7-13-34-30(43)20-9-6-11-23(39)28(20)41)14-4-3-12-33-29(42)19-8-5-10-22(38)27(19)40/h5-6,8-11,17-18,24-25,37-41H,3-4,7,12-16H2,1-2H3,(H,33,42)(H,34,43)(H,45,46)/t17-,18?,24?,25+/m0/s1. The van der Waals surface area contributed by atoms with Gasteiger partial charge in [-0.15, -0.1) is 0 Å². The van der Waals surface area contributed by atoms with Crippen LogP contribution in [0.15, 0.2) is 47.7 Å². The number of carboxylic acid groups (broad SMARTS) is 1. The maximum absolute atomic E-state index is 12.8. The average Bonchev–Trinajstić information content (AvgIpc) is 3.24. The van der Waals surface area contributed by atoms with E-state index in [4.69, 9.17) is 0 Å². The predicted octanol–water partition coefficient (Wildman–Crippen LogP) is 1.34. The second-order valence-corrected chi connectivity index (χ2v) is 11.6. The molecule has 2 aromatic carbocycles. The quantitative estimate of drug-likeness (QED) is 0.0788. The number of β-lactam (4-membered cyclic amide) rings is 1. The van der Waals surface area contributed by atoms with Crippen molar-refractivity contribution in [1.29, 1.82) is 0 Å². The number of benzene rings is 2. The van der Waals surface area contributed by atoms with E-state index in [1.807, 2.05) is 11.8 Å². The summed E-state index contributed by atoms with van der Waals surface area (Å²) in [6, 6.07) is 7.72. The number of aliphatic hydroxyl groups excluding tert-OH is 1. The highest BCUT2D eigenvalue weighted by Crippen LogP contribution is 2.47. The number of carbonyl (C=O) groups is 4. The first kappa shape index (κ1) is 34.1. The van der Waals surface area contributed by atoms with E-state index >= 15 is 0 Å². The maximum atomic E-state index is 12.8. The number of carboxylic acids is 1. The number of amides is 3. The Balaban J connectivity index is 1.40. The van der Waals surface area contributed by atoms with E-state index in [2.05, 4.69) is 10.6 Å². The summed E-state index contributed by atoms with van der Waals surface area (Å²) >= 11 is 0. The van der Waals surface area contributed by atoms with Crippen LogP contribution < -0.4 is 10.6 Å². The second kappa shape index (κ2) is 14.5. The van der Waals surface area contributed by atoms with Crippen LogP contribution >= 0.6 is 0 Å². The van der Waals surface area contributed by atoms with Crippen molar-refractivity contribution in [2.75, 3.05) is 32.7 Å². The van der Waals surface area contributed by atoms with Gasteiger partial charge in [0.1, 0.15) is 5.70 Å². The third-order valence-electron chi connectivity index (χ3n) is 8.55. The Morgan fingerprint density at radius 2 is 1.39 bits per heavy atom. The number of hydrogen-bond donors (Lipinski definition) is 8. The molecule has 14 nitrogen and oxygen atoms in total. The third kappa shape index (κ3) is 7.02. The van der Waals surface area contributed by atoms with Crippen molar-refractivity contribution < 1.29 is 49.8 Å². The monoisotopic (exact) mass is 640 g/mol. The molecule has 4 atom stereocenters. The smallest absolute Gasteiger partial charge is 0.352 e. The van der Waals surface area contributed by atoms with E-state index < -0.39 is 64.8 Å². The molecule has 0 saturated carbocycles. The van der Waals surface area contributed by atoms with Gasteiger partial charge in [-0.25, -0.2) is 4.79 Å². The lowest BCUT2D eigenvalue weighted by atomic mass is 9.77. The van der Waals surface area contributed by atoms with E-state index in [1.165, 1.54) is 48.2 Å². The molecule has 2 aromatic rings. The number of hydrogen-bond acceptors (Lipinski definition) is 10. The number of aromatic hydroxyl groups is 4. The number of aliphatic carboxylic acids is 1. The van der Waals surface area contributed by atoms with Crippen molar-refractivity contribution in [3.63, 3.8) is 0 Å². The maximum Gasteiger partial charge on any atom is 0.352 e. The molecule has 0 aliphatic carbocycles. The fourth-order valence-corrected chi connectivity index (χ4v) is 6.15. The van der Waals surface area contributed by atoms with Gasteiger partial charge in [0.15, 0.2) is 23.0 Å². The van der Waals surface area contributed by atoms with Crippen molar-refractivity contribution >= 4 is 23.7 Å². The summed E-state index contributed by atoms with van der Waals surface area (Å²) < 4.78 is 0. The molecule has 0 radical (unpaired) electrons. The van der Waals surface area contributed by atoms with Gasteiger partial charge in [0.05, 0.1) is 29.2 Å². The molecule has 14 heteroatoms. The van der Waals surface area contributed by atoms with E-state index in [-0.39, 0.29) is 42.4 Å². The fraction of sp³-hybridized carbons (Fsp3) is 0.438. The van der Waals surface area contributed by atoms with Gasteiger partial charge < -0.3 is 46.2 Å². The molecule has 2 aliphatic heterocycles. The molecular formula is C32H40N4O10. The normalized spacial score (nSPS) is 19.5.